The molecule has 0 aliphatic carbocycles. The van der Waals surface area contributed by atoms with Crippen molar-refractivity contribution in [1.29, 1.82) is 0 Å². The van der Waals surface area contributed by atoms with E-state index in [2.05, 4.69) is 26.1 Å². The summed E-state index contributed by atoms with van der Waals surface area (Å²) in [4.78, 5) is 0. The number of hydrogen-bond acceptors (Lipinski definition) is 1. The minimum atomic E-state index is 0. The standard InChI is InChI=1S/C9H21N.Li.H/c1-4-5-6-7-8-10-9(2)3;;/h9-10H,4-8H2,1-3H3;;/q;+1;-1. The third kappa shape index (κ3) is 13.5. The molecule has 0 unspecified atom stereocenters. The van der Waals surface area contributed by atoms with Crippen LogP contribution in [0.15, 0.2) is 0 Å². The number of unbranched alkanes of at least 4 members (excludes halogenated alkanes) is 3. The van der Waals surface area contributed by atoms with Crippen LogP contribution in [0.1, 0.15) is 47.9 Å². The van der Waals surface area contributed by atoms with Crippen molar-refractivity contribution >= 4 is 0 Å². The van der Waals surface area contributed by atoms with Gasteiger partial charge in [-0.3, -0.25) is 0 Å². The van der Waals surface area contributed by atoms with Crippen molar-refractivity contribution < 1.29 is 20.3 Å². The van der Waals surface area contributed by atoms with Crippen molar-refractivity contribution in [2.24, 2.45) is 0 Å². The van der Waals surface area contributed by atoms with Gasteiger partial charge in [0.25, 0.3) is 0 Å². The maximum atomic E-state index is 3.40. The Morgan fingerprint density at radius 3 is 2.27 bits per heavy atom. The minimum Gasteiger partial charge on any atom is -1.00 e. The first-order chi connectivity index (χ1) is 4.77. The van der Waals surface area contributed by atoms with Crippen LogP contribution in [0, 0.1) is 0 Å². The molecule has 0 spiro atoms. The van der Waals surface area contributed by atoms with E-state index in [4.69, 9.17) is 0 Å². The molecule has 0 amide bonds. The van der Waals surface area contributed by atoms with E-state index in [1.165, 1.54) is 32.2 Å². The van der Waals surface area contributed by atoms with E-state index in [9.17, 15) is 0 Å². The zero-order valence-electron chi connectivity index (χ0n) is 9.61. The number of hydrogen-bond donors (Lipinski definition) is 1. The van der Waals surface area contributed by atoms with Crippen molar-refractivity contribution in [1.82, 2.24) is 5.32 Å². The SMILES string of the molecule is CCCCCCNC(C)C.[H-].[Li+]. The molecule has 0 heterocycles. The zero-order chi connectivity index (χ0) is 7.82. The topological polar surface area (TPSA) is 12.0 Å². The third-order valence-corrected chi connectivity index (χ3v) is 1.58. The average molecular weight is 151 g/mol. The van der Waals surface area contributed by atoms with Gasteiger partial charge in [-0.15, -0.1) is 0 Å². The van der Waals surface area contributed by atoms with E-state index in [-0.39, 0.29) is 20.3 Å². The first kappa shape index (κ1) is 14.1. The molecule has 0 saturated carbocycles. The molecule has 2 heteroatoms. The number of rotatable bonds is 6. The number of nitrogens with one attached hydrogen (secondary N) is 1. The molecule has 0 bridgehead atoms. The van der Waals surface area contributed by atoms with Gasteiger partial charge in [0, 0.05) is 6.04 Å². The molecular formula is C9H22LiN. The first-order valence-electron chi connectivity index (χ1n) is 4.50. The Bertz CT molecular complexity index is 69.5. The fourth-order valence-electron chi connectivity index (χ4n) is 0.943. The summed E-state index contributed by atoms with van der Waals surface area (Å²) in [7, 11) is 0. The summed E-state index contributed by atoms with van der Waals surface area (Å²) < 4.78 is 0. The summed E-state index contributed by atoms with van der Waals surface area (Å²) in [6.07, 6.45) is 5.45. The molecule has 0 aliphatic rings. The molecule has 0 atom stereocenters. The predicted octanol–water partition coefficient (Wildman–Crippen LogP) is -0.319. The molecule has 0 saturated heterocycles. The van der Waals surface area contributed by atoms with Crippen LogP contribution < -0.4 is 24.2 Å². The van der Waals surface area contributed by atoms with Crippen molar-refractivity contribution in [3.05, 3.63) is 0 Å². The minimum absolute atomic E-state index is 0. The van der Waals surface area contributed by atoms with Gasteiger partial charge in [0.05, 0.1) is 0 Å². The van der Waals surface area contributed by atoms with E-state index in [1.807, 2.05) is 0 Å². The molecule has 0 aromatic carbocycles. The summed E-state index contributed by atoms with van der Waals surface area (Å²) in [5.74, 6) is 0. The summed E-state index contributed by atoms with van der Waals surface area (Å²) in [6, 6.07) is 0.654. The average Bonchev–Trinajstić information content (AvgIpc) is 1.87. The molecule has 0 radical (unpaired) electrons. The van der Waals surface area contributed by atoms with E-state index < -0.39 is 0 Å². The van der Waals surface area contributed by atoms with Gasteiger partial charge >= 0.3 is 18.9 Å². The second-order valence-electron chi connectivity index (χ2n) is 3.17. The Morgan fingerprint density at radius 1 is 1.18 bits per heavy atom. The Labute approximate surface area is 85.0 Å². The van der Waals surface area contributed by atoms with E-state index >= 15 is 0 Å². The Balaban J connectivity index is -0.000000405. The van der Waals surface area contributed by atoms with E-state index in [1.54, 1.807) is 0 Å². The molecule has 0 aliphatic heterocycles. The van der Waals surface area contributed by atoms with Crippen molar-refractivity contribution in [3.8, 4) is 0 Å². The van der Waals surface area contributed by atoms with Crippen molar-refractivity contribution in [3.63, 3.8) is 0 Å². The normalized spacial score (nSPS) is 9.82. The van der Waals surface area contributed by atoms with Gasteiger partial charge in [-0.25, -0.2) is 0 Å². The summed E-state index contributed by atoms with van der Waals surface area (Å²) in [5, 5.41) is 3.40. The van der Waals surface area contributed by atoms with Crippen molar-refractivity contribution in [2.45, 2.75) is 52.5 Å². The monoisotopic (exact) mass is 151 g/mol. The van der Waals surface area contributed by atoms with Gasteiger partial charge < -0.3 is 6.74 Å². The molecule has 1 nitrogen and oxygen atoms in total. The largest absolute Gasteiger partial charge is 1.00 e. The molecule has 0 fully saturated rings. The van der Waals surface area contributed by atoms with Crippen LogP contribution in [0.2, 0.25) is 0 Å². The summed E-state index contributed by atoms with van der Waals surface area (Å²) >= 11 is 0. The summed E-state index contributed by atoms with van der Waals surface area (Å²) in [5.41, 5.74) is 0. The summed E-state index contributed by atoms with van der Waals surface area (Å²) in [6.45, 7) is 7.83. The van der Waals surface area contributed by atoms with Crippen LogP contribution in [0.3, 0.4) is 0 Å². The van der Waals surface area contributed by atoms with Crippen LogP contribution in [-0.4, -0.2) is 12.6 Å². The molecule has 11 heavy (non-hydrogen) atoms. The van der Waals surface area contributed by atoms with Crippen molar-refractivity contribution in [2.75, 3.05) is 6.54 Å². The van der Waals surface area contributed by atoms with Crippen LogP contribution in [0.25, 0.3) is 0 Å². The van der Waals surface area contributed by atoms with Gasteiger partial charge in [-0.1, -0.05) is 40.0 Å². The van der Waals surface area contributed by atoms with E-state index in [0.717, 1.165) is 0 Å². The van der Waals surface area contributed by atoms with Crippen LogP contribution in [-0.2, 0) is 0 Å². The second-order valence-corrected chi connectivity index (χ2v) is 3.17. The first-order valence-corrected chi connectivity index (χ1v) is 4.50. The predicted molar refractivity (Wildman–Crippen MR) is 48.4 cm³/mol. The van der Waals surface area contributed by atoms with Gasteiger partial charge in [0.1, 0.15) is 0 Å². The molecule has 0 rings (SSSR count). The molecule has 0 aromatic rings. The molecule has 1 N–H and O–H groups in total. The fourth-order valence-corrected chi connectivity index (χ4v) is 0.943. The Kier molecular flexibility index (Phi) is 13.5. The second kappa shape index (κ2) is 10.6. The third-order valence-electron chi connectivity index (χ3n) is 1.58. The van der Waals surface area contributed by atoms with Crippen LogP contribution in [0.4, 0.5) is 0 Å². The molecule has 0 aromatic heterocycles. The maximum absolute atomic E-state index is 3.40. The van der Waals surface area contributed by atoms with Crippen LogP contribution >= 0.6 is 0 Å². The quantitative estimate of drug-likeness (QED) is 0.405. The van der Waals surface area contributed by atoms with Crippen LogP contribution in [0.5, 0.6) is 0 Å². The Morgan fingerprint density at radius 2 is 1.82 bits per heavy atom. The van der Waals surface area contributed by atoms with E-state index in [0.29, 0.717) is 6.04 Å². The van der Waals surface area contributed by atoms with Gasteiger partial charge in [-0.05, 0) is 13.0 Å². The van der Waals surface area contributed by atoms with Gasteiger partial charge in [0.2, 0.25) is 0 Å². The maximum Gasteiger partial charge on any atom is 1.00 e. The fraction of sp³-hybridized carbons (Fsp3) is 1.00. The zero-order valence-corrected chi connectivity index (χ0v) is 8.61. The van der Waals surface area contributed by atoms with Gasteiger partial charge in [0.15, 0.2) is 0 Å². The smallest absolute Gasteiger partial charge is 1.00 e. The van der Waals surface area contributed by atoms with Gasteiger partial charge in [-0.2, -0.15) is 0 Å². The molecular weight excluding hydrogens is 129 g/mol. The molecule has 64 valence electrons. The Hall–Kier alpha value is 0.557.